The fraction of sp³-hybridized carbons (Fsp3) is 0.120. The summed E-state index contributed by atoms with van der Waals surface area (Å²) in [6, 6.07) is 23.5. The number of aryl methyl sites for hydroxylation is 1. The Morgan fingerprint density at radius 1 is 1.09 bits per heavy atom. The summed E-state index contributed by atoms with van der Waals surface area (Å²) < 4.78 is 7.42. The van der Waals surface area contributed by atoms with Crippen LogP contribution < -0.4 is 10.2 Å². The fourth-order valence-corrected chi connectivity index (χ4v) is 5.36. The molecule has 1 aliphatic heterocycles. The molecule has 2 aromatic heterocycles. The Morgan fingerprint density at radius 2 is 1.91 bits per heavy atom. The molecule has 0 amide bonds. The first-order valence-electron chi connectivity index (χ1n) is 10.3. The molecule has 1 fully saturated rings. The van der Waals surface area contributed by atoms with Crippen LogP contribution in [-0.2, 0) is 0 Å². The standard InChI is InChI=1S/C25H19BrClN3OS2/c1-15-14-17(7-10-19(15)26)30-24(23(29-25(30)32)20-4-2-3-13-28-20)21-11-12-22(31-21)33-18-8-5-16(27)6-9-18/h2-14,23-24H,1H3,(H,29,32). The quantitative estimate of drug-likeness (QED) is 0.254. The number of rotatable bonds is 5. The Balaban J connectivity index is 1.53. The van der Waals surface area contributed by atoms with Gasteiger partial charge < -0.3 is 14.6 Å². The molecule has 3 heterocycles. The van der Waals surface area contributed by atoms with Crippen LogP contribution in [0.3, 0.4) is 0 Å². The number of anilines is 1. The van der Waals surface area contributed by atoms with E-state index in [-0.39, 0.29) is 12.1 Å². The minimum Gasteiger partial charge on any atom is -0.452 e. The van der Waals surface area contributed by atoms with Crippen LogP contribution in [0.5, 0.6) is 0 Å². The molecule has 0 bridgehead atoms. The molecule has 1 aliphatic rings. The van der Waals surface area contributed by atoms with E-state index in [9.17, 15) is 0 Å². The fourth-order valence-electron chi connectivity index (χ4n) is 3.87. The molecule has 8 heteroatoms. The van der Waals surface area contributed by atoms with E-state index in [2.05, 4.69) is 50.2 Å². The molecule has 1 N–H and O–H groups in total. The summed E-state index contributed by atoms with van der Waals surface area (Å²) in [5.41, 5.74) is 3.04. The van der Waals surface area contributed by atoms with Gasteiger partial charge in [0, 0.05) is 26.3 Å². The van der Waals surface area contributed by atoms with Gasteiger partial charge in [-0.3, -0.25) is 4.98 Å². The van der Waals surface area contributed by atoms with Gasteiger partial charge >= 0.3 is 0 Å². The summed E-state index contributed by atoms with van der Waals surface area (Å²) in [5, 5.41) is 5.62. The summed E-state index contributed by atoms with van der Waals surface area (Å²) in [6.07, 6.45) is 1.80. The van der Waals surface area contributed by atoms with Crippen LogP contribution in [0.2, 0.25) is 5.02 Å². The largest absolute Gasteiger partial charge is 0.452 e. The van der Waals surface area contributed by atoms with E-state index < -0.39 is 0 Å². The molecule has 4 nitrogen and oxygen atoms in total. The highest BCUT2D eigenvalue weighted by molar-refractivity contribution is 9.10. The van der Waals surface area contributed by atoms with Crippen LogP contribution in [0.4, 0.5) is 5.69 Å². The number of halogens is 2. The second kappa shape index (κ2) is 9.50. The van der Waals surface area contributed by atoms with E-state index in [0.29, 0.717) is 10.1 Å². The van der Waals surface area contributed by atoms with Gasteiger partial charge in [0.15, 0.2) is 10.2 Å². The van der Waals surface area contributed by atoms with Crippen LogP contribution in [0.15, 0.2) is 97.9 Å². The maximum absolute atomic E-state index is 6.36. The Hall–Kier alpha value is -2.32. The number of thiocarbonyl (C=S) groups is 1. The number of aromatic nitrogens is 1. The first kappa shape index (κ1) is 22.5. The average molecular weight is 557 g/mol. The third-order valence-corrected chi connectivity index (χ3v) is 7.83. The van der Waals surface area contributed by atoms with Crippen LogP contribution >= 0.6 is 51.5 Å². The van der Waals surface area contributed by atoms with Gasteiger partial charge in [-0.25, -0.2) is 0 Å². The molecule has 1 saturated heterocycles. The Bertz CT molecular complexity index is 1300. The normalized spacial score (nSPS) is 17.9. The number of nitrogens with one attached hydrogen (secondary N) is 1. The van der Waals surface area contributed by atoms with Crippen molar-refractivity contribution in [2.45, 2.75) is 29.0 Å². The summed E-state index contributed by atoms with van der Waals surface area (Å²) >= 11 is 17.0. The molecule has 2 aromatic carbocycles. The van der Waals surface area contributed by atoms with Crippen molar-refractivity contribution in [2.75, 3.05) is 4.90 Å². The number of hydrogen-bond donors (Lipinski definition) is 1. The molecule has 2 unspecified atom stereocenters. The smallest absolute Gasteiger partial charge is 0.174 e. The van der Waals surface area contributed by atoms with Crippen LogP contribution in [0, 0.1) is 6.92 Å². The van der Waals surface area contributed by atoms with E-state index in [1.165, 1.54) is 0 Å². The lowest BCUT2D eigenvalue weighted by molar-refractivity contribution is 0.383. The zero-order valence-electron chi connectivity index (χ0n) is 17.5. The Morgan fingerprint density at radius 3 is 2.64 bits per heavy atom. The van der Waals surface area contributed by atoms with Crippen LogP contribution in [0.25, 0.3) is 0 Å². The van der Waals surface area contributed by atoms with E-state index in [1.54, 1.807) is 18.0 Å². The average Bonchev–Trinajstić information content (AvgIpc) is 3.42. The van der Waals surface area contributed by atoms with Crippen molar-refractivity contribution in [3.63, 3.8) is 0 Å². The molecule has 0 aliphatic carbocycles. The third-order valence-electron chi connectivity index (χ3n) is 5.44. The van der Waals surface area contributed by atoms with Crippen molar-refractivity contribution in [3.8, 4) is 0 Å². The second-order valence-electron chi connectivity index (χ2n) is 7.64. The number of nitrogens with zero attached hydrogens (tertiary/aromatic N) is 2. The predicted molar refractivity (Wildman–Crippen MR) is 141 cm³/mol. The van der Waals surface area contributed by atoms with E-state index in [4.69, 9.17) is 28.2 Å². The maximum atomic E-state index is 6.36. The Kier molecular flexibility index (Phi) is 6.47. The van der Waals surface area contributed by atoms with Crippen molar-refractivity contribution in [1.82, 2.24) is 10.3 Å². The topological polar surface area (TPSA) is 41.3 Å². The Labute approximate surface area is 215 Å². The molecule has 0 spiro atoms. The summed E-state index contributed by atoms with van der Waals surface area (Å²) in [6.45, 7) is 2.07. The van der Waals surface area contributed by atoms with Gasteiger partial charge in [0.05, 0.1) is 11.7 Å². The lowest BCUT2D eigenvalue weighted by atomic mass is 10.0. The highest BCUT2D eigenvalue weighted by Crippen LogP contribution is 2.44. The number of pyridine rings is 1. The lowest BCUT2D eigenvalue weighted by Crippen LogP contribution is -2.29. The monoisotopic (exact) mass is 555 g/mol. The number of hydrogen-bond acceptors (Lipinski definition) is 4. The zero-order chi connectivity index (χ0) is 22.9. The van der Waals surface area contributed by atoms with Gasteiger partial charge in [-0.2, -0.15) is 0 Å². The van der Waals surface area contributed by atoms with Gasteiger partial charge in [-0.15, -0.1) is 0 Å². The minimum absolute atomic E-state index is 0.151. The molecule has 0 saturated carbocycles. The van der Waals surface area contributed by atoms with E-state index in [1.807, 2.05) is 60.7 Å². The first-order valence-corrected chi connectivity index (χ1v) is 12.7. The molecular formula is C25H19BrClN3OS2. The van der Waals surface area contributed by atoms with Crippen molar-refractivity contribution in [2.24, 2.45) is 0 Å². The van der Waals surface area contributed by atoms with Crippen LogP contribution in [-0.4, -0.2) is 10.1 Å². The van der Waals surface area contributed by atoms with Crippen LogP contribution in [0.1, 0.15) is 29.1 Å². The highest BCUT2D eigenvalue weighted by atomic mass is 79.9. The summed E-state index contributed by atoms with van der Waals surface area (Å²) in [7, 11) is 0. The van der Waals surface area contributed by atoms with Gasteiger partial charge in [0.25, 0.3) is 0 Å². The van der Waals surface area contributed by atoms with E-state index >= 15 is 0 Å². The highest BCUT2D eigenvalue weighted by Gasteiger charge is 2.42. The van der Waals surface area contributed by atoms with Gasteiger partial charge in [0.1, 0.15) is 11.8 Å². The molecule has 0 radical (unpaired) electrons. The second-order valence-corrected chi connectivity index (χ2v) is 10.4. The van der Waals surface area contributed by atoms with Crippen molar-refractivity contribution in [1.29, 1.82) is 0 Å². The number of furan rings is 1. The van der Waals surface area contributed by atoms with Gasteiger partial charge in [-0.05, 0) is 91.4 Å². The minimum atomic E-state index is -0.187. The zero-order valence-corrected chi connectivity index (χ0v) is 21.5. The predicted octanol–water partition coefficient (Wildman–Crippen LogP) is 7.73. The lowest BCUT2D eigenvalue weighted by Gasteiger charge is -2.26. The van der Waals surface area contributed by atoms with Gasteiger partial charge in [0.2, 0.25) is 0 Å². The van der Waals surface area contributed by atoms with Crippen molar-refractivity contribution >= 4 is 62.3 Å². The molecule has 166 valence electrons. The van der Waals surface area contributed by atoms with E-state index in [0.717, 1.165) is 37.2 Å². The number of benzene rings is 2. The molecule has 5 rings (SSSR count). The summed E-state index contributed by atoms with van der Waals surface area (Å²) in [5.74, 6) is 0.815. The summed E-state index contributed by atoms with van der Waals surface area (Å²) in [4.78, 5) is 7.77. The molecular weight excluding hydrogens is 538 g/mol. The maximum Gasteiger partial charge on any atom is 0.174 e. The first-order chi connectivity index (χ1) is 16.0. The third kappa shape index (κ3) is 4.68. The van der Waals surface area contributed by atoms with Gasteiger partial charge in [-0.1, -0.05) is 45.4 Å². The SMILES string of the molecule is Cc1cc(N2C(=S)NC(c3ccccn3)C2c2ccc(Sc3ccc(Cl)cc3)o2)ccc1Br. The molecule has 4 aromatic rings. The van der Waals surface area contributed by atoms with Crippen molar-refractivity contribution < 1.29 is 4.42 Å². The molecule has 33 heavy (non-hydrogen) atoms. The van der Waals surface area contributed by atoms with Crippen molar-refractivity contribution in [3.05, 3.63) is 106 Å². The molecule has 2 atom stereocenters.